The van der Waals surface area contributed by atoms with Crippen molar-refractivity contribution in [2.75, 3.05) is 0 Å². The van der Waals surface area contributed by atoms with Crippen LogP contribution in [-0.4, -0.2) is 14.6 Å². The fourth-order valence-electron chi connectivity index (χ4n) is 2.25. The molecule has 0 unspecified atom stereocenters. The fraction of sp³-hybridized carbons (Fsp3) is 1.00. The minimum atomic E-state index is -0.829. The summed E-state index contributed by atoms with van der Waals surface area (Å²) in [5.74, 6) is 0. The van der Waals surface area contributed by atoms with E-state index in [-0.39, 0.29) is 0 Å². The highest BCUT2D eigenvalue weighted by atomic mass is 28.3. The van der Waals surface area contributed by atoms with Crippen LogP contribution >= 0.6 is 0 Å². The molecule has 0 amide bonds. The molecule has 0 saturated heterocycles. The van der Waals surface area contributed by atoms with Gasteiger partial charge in [0.15, 0.2) is 9.04 Å². The Bertz CT molecular complexity index is 128. The van der Waals surface area contributed by atoms with Gasteiger partial charge in [0.1, 0.15) is 0 Å². The van der Waals surface area contributed by atoms with Crippen LogP contribution in [0.3, 0.4) is 0 Å². The average Bonchev–Trinajstić information content (AvgIpc) is 2.05. The van der Waals surface area contributed by atoms with E-state index in [0.29, 0.717) is 5.60 Å². The topological polar surface area (TPSA) is 9.23 Å². The van der Waals surface area contributed by atoms with Crippen molar-refractivity contribution in [1.82, 2.24) is 0 Å². The highest BCUT2D eigenvalue weighted by molar-refractivity contribution is 6.48. The second-order valence-electron chi connectivity index (χ2n) is 4.26. The molecule has 0 aromatic rings. The zero-order chi connectivity index (χ0) is 9.03. The van der Waals surface area contributed by atoms with Crippen LogP contribution in [0.25, 0.3) is 0 Å². The summed E-state index contributed by atoms with van der Waals surface area (Å²) in [6.45, 7) is 6.85. The second kappa shape index (κ2) is 4.42. The van der Waals surface area contributed by atoms with Crippen LogP contribution in [0.2, 0.25) is 13.1 Å². The first-order chi connectivity index (χ1) is 5.68. The third kappa shape index (κ3) is 2.59. The molecule has 72 valence electrons. The molecular formula is C10H22OSi. The van der Waals surface area contributed by atoms with Gasteiger partial charge in [0.05, 0.1) is 5.60 Å². The van der Waals surface area contributed by atoms with E-state index < -0.39 is 9.04 Å². The summed E-state index contributed by atoms with van der Waals surface area (Å²) in [7, 11) is -0.829. The summed E-state index contributed by atoms with van der Waals surface area (Å²) >= 11 is 0. The van der Waals surface area contributed by atoms with Crippen molar-refractivity contribution in [2.45, 2.75) is 64.1 Å². The van der Waals surface area contributed by atoms with Crippen molar-refractivity contribution in [3.63, 3.8) is 0 Å². The Balaban J connectivity index is 2.48. The molecule has 1 saturated carbocycles. The first-order valence-electron chi connectivity index (χ1n) is 5.36. The van der Waals surface area contributed by atoms with Gasteiger partial charge in [0.2, 0.25) is 0 Å². The molecule has 1 fully saturated rings. The standard InChI is InChI=1S/C10H22OSi/c1-4-10(11-12(2)3)8-6-5-7-9-10/h12H,4-9H2,1-3H3. The maximum atomic E-state index is 6.17. The highest BCUT2D eigenvalue weighted by Crippen LogP contribution is 2.34. The lowest BCUT2D eigenvalue weighted by Crippen LogP contribution is -2.38. The van der Waals surface area contributed by atoms with Crippen LogP contribution in [0.15, 0.2) is 0 Å². The van der Waals surface area contributed by atoms with E-state index in [1.54, 1.807) is 0 Å². The van der Waals surface area contributed by atoms with Gasteiger partial charge in [-0.1, -0.05) is 26.2 Å². The Morgan fingerprint density at radius 1 is 1.17 bits per heavy atom. The molecule has 0 heterocycles. The molecule has 0 N–H and O–H groups in total. The molecule has 2 heteroatoms. The molecule has 0 atom stereocenters. The lowest BCUT2D eigenvalue weighted by atomic mass is 9.83. The van der Waals surface area contributed by atoms with Gasteiger partial charge in [-0.05, 0) is 32.4 Å². The largest absolute Gasteiger partial charge is 0.415 e. The zero-order valence-electron chi connectivity index (χ0n) is 8.73. The van der Waals surface area contributed by atoms with Gasteiger partial charge in [0.25, 0.3) is 0 Å². The smallest absolute Gasteiger partial charge is 0.171 e. The summed E-state index contributed by atoms with van der Waals surface area (Å²) in [6, 6.07) is 0. The van der Waals surface area contributed by atoms with Gasteiger partial charge in [0, 0.05) is 0 Å². The SMILES string of the molecule is CCC1(O[SiH](C)C)CCCCC1. The van der Waals surface area contributed by atoms with Gasteiger partial charge in [-0.3, -0.25) is 0 Å². The van der Waals surface area contributed by atoms with Gasteiger partial charge in [-0.25, -0.2) is 0 Å². The molecule has 0 radical (unpaired) electrons. The van der Waals surface area contributed by atoms with Gasteiger partial charge in [-0.15, -0.1) is 0 Å². The Morgan fingerprint density at radius 2 is 1.75 bits per heavy atom. The Labute approximate surface area is 78.2 Å². The molecule has 1 aliphatic rings. The van der Waals surface area contributed by atoms with Crippen LogP contribution in [0.5, 0.6) is 0 Å². The first kappa shape index (κ1) is 10.3. The monoisotopic (exact) mass is 186 g/mol. The normalized spacial score (nSPS) is 23.0. The summed E-state index contributed by atoms with van der Waals surface area (Å²) in [5, 5.41) is 0. The maximum Gasteiger partial charge on any atom is 0.171 e. The third-order valence-corrected chi connectivity index (χ3v) is 3.87. The van der Waals surface area contributed by atoms with Crippen LogP contribution in [-0.2, 0) is 4.43 Å². The molecule has 0 aromatic heterocycles. The minimum Gasteiger partial charge on any atom is -0.415 e. The predicted molar refractivity (Wildman–Crippen MR) is 56.1 cm³/mol. The van der Waals surface area contributed by atoms with Crippen LogP contribution in [0, 0.1) is 0 Å². The van der Waals surface area contributed by atoms with Crippen molar-refractivity contribution in [3.8, 4) is 0 Å². The average molecular weight is 186 g/mol. The van der Waals surface area contributed by atoms with Crippen molar-refractivity contribution in [2.24, 2.45) is 0 Å². The van der Waals surface area contributed by atoms with E-state index in [1.807, 2.05) is 0 Å². The molecule has 12 heavy (non-hydrogen) atoms. The molecule has 0 bridgehead atoms. The summed E-state index contributed by atoms with van der Waals surface area (Å²) in [4.78, 5) is 0. The van der Waals surface area contributed by atoms with Crippen molar-refractivity contribution in [3.05, 3.63) is 0 Å². The molecule has 1 nitrogen and oxygen atoms in total. The van der Waals surface area contributed by atoms with Gasteiger partial charge in [-0.2, -0.15) is 0 Å². The minimum absolute atomic E-state index is 0.304. The van der Waals surface area contributed by atoms with Crippen molar-refractivity contribution in [1.29, 1.82) is 0 Å². The van der Waals surface area contributed by atoms with Crippen LogP contribution < -0.4 is 0 Å². The summed E-state index contributed by atoms with van der Waals surface area (Å²) in [6.07, 6.45) is 8.04. The van der Waals surface area contributed by atoms with E-state index in [4.69, 9.17) is 4.43 Å². The van der Waals surface area contributed by atoms with Gasteiger partial charge >= 0.3 is 0 Å². The van der Waals surface area contributed by atoms with E-state index in [0.717, 1.165) is 0 Å². The van der Waals surface area contributed by atoms with Crippen molar-refractivity contribution >= 4 is 9.04 Å². The molecule has 0 spiro atoms. The van der Waals surface area contributed by atoms with Gasteiger partial charge < -0.3 is 4.43 Å². The zero-order valence-corrected chi connectivity index (χ0v) is 9.88. The molecule has 0 aliphatic heterocycles. The molecule has 1 aliphatic carbocycles. The Hall–Kier alpha value is 0.177. The lowest BCUT2D eigenvalue weighted by molar-refractivity contribution is 0.0252. The molecular weight excluding hydrogens is 164 g/mol. The van der Waals surface area contributed by atoms with Crippen LogP contribution in [0.1, 0.15) is 45.4 Å². The Morgan fingerprint density at radius 3 is 2.17 bits per heavy atom. The highest BCUT2D eigenvalue weighted by Gasteiger charge is 2.31. The number of hydrogen-bond donors (Lipinski definition) is 0. The predicted octanol–water partition coefficient (Wildman–Crippen LogP) is 3.10. The van der Waals surface area contributed by atoms with E-state index in [2.05, 4.69) is 20.0 Å². The number of rotatable bonds is 3. The van der Waals surface area contributed by atoms with Crippen molar-refractivity contribution < 1.29 is 4.43 Å². The summed E-state index contributed by atoms with van der Waals surface area (Å²) in [5.41, 5.74) is 0.304. The van der Waals surface area contributed by atoms with Crippen LogP contribution in [0.4, 0.5) is 0 Å². The first-order valence-corrected chi connectivity index (χ1v) is 8.14. The van der Waals surface area contributed by atoms with E-state index >= 15 is 0 Å². The maximum absolute atomic E-state index is 6.17. The van der Waals surface area contributed by atoms with E-state index in [1.165, 1.54) is 38.5 Å². The lowest BCUT2D eigenvalue weighted by Gasteiger charge is -2.38. The Kier molecular flexibility index (Phi) is 3.78. The summed E-state index contributed by atoms with van der Waals surface area (Å²) < 4.78 is 6.17. The fourth-order valence-corrected chi connectivity index (χ4v) is 3.65. The quantitative estimate of drug-likeness (QED) is 0.615. The third-order valence-electron chi connectivity index (χ3n) is 2.89. The molecule has 1 rings (SSSR count). The van der Waals surface area contributed by atoms with E-state index in [9.17, 15) is 0 Å². The second-order valence-corrected chi connectivity index (χ2v) is 6.60. The number of hydrogen-bond acceptors (Lipinski definition) is 1. The molecule has 0 aromatic carbocycles.